The first-order chi connectivity index (χ1) is 25.3. The second-order valence-electron chi connectivity index (χ2n) is 13.2. The Bertz CT molecular complexity index is 3040. The summed E-state index contributed by atoms with van der Waals surface area (Å²) in [5, 5.41) is 10.8. The van der Waals surface area contributed by atoms with Crippen molar-refractivity contribution in [3.05, 3.63) is 181 Å². The zero-order valence-corrected chi connectivity index (χ0v) is 27.5. The maximum Gasteiger partial charge on any atom is 0.209 e. The fraction of sp³-hybridized carbons (Fsp3) is 0.0217. The summed E-state index contributed by atoms with van der Waals surface area (Å²) >= 11 is 0. The molecule has 0 fully saturated rings. The number of nitrogens with one attached hydrogen (secondary N) is 1. The van der Waals surface area contributed by atoms with E-state index in [1.807, 2.05) is 6.07 Å². The first-order valence-corrected chi connectivity index (χ1v) is 17.4. The van der Waals surface area contributed by atoms with Gasteiger partial charge in [-0.05, 0) is 54.1 Å². The van der Waals surface area contributed by atoms with Crippen LogP contribution in [-0.2, 0) is 0 Å². The van der Waals surface area contributed by atoms with E-state index >= 15 is 0 Å². The molecule has 3 aromatic heterocycles. The lowest BCUT2D eigenvalue weighted by molar-refractivity contribution is 0.669. The van der Waals surface area contributed by atoms with Gasteiger partial charge in [-0.15, -0.1) is 0 Å². The summed E-state index contributed by atoms with van der Waals surface area (Å²) in [5.41, 5.74) is 10.5. The summed E-state index contributed by atoms with van der Waals surface area (Å²) in [5.74, 6) is 0.770. The predicted octanol–water partition coefficient (Wildman–Crippen LogP) is 11.4. The Morgan fingerprint density at radius 3 is 1.94 bits per heavy atom. The number of para-hydroxylation sites is 3. The van der Waals surface area contributed by atoms with Gasteiger partial charge in [-0.2, -0.15) is 0 Å². The van der Waals surface area contributed by atoms with Gasteiger partial charge in [0.05, 0.1) is 39.2 Å². The molecule has 1 aliphatic heterocycles. The lowest BCUT2D eigenvalue weighted by atomic mass is 10.0. The number of aliphatic imine (C=N–C) groups is 1. The largest absolute Gasteiger partial charge is 0.456 e. The quantitative estimate of drug-likeness (QED) is 0.206. The maximum atomic E-state index is 6.51. The van der Waals surface area contributed by atoms with Crippen molar-refractivity contribution in [2.24, 2.45) is 4.99 Å². The van der Waals surface area contributed by atoms with Crippen LogP contribution in [0.2, 0.25) is 0 Å². The van der Waals surface area contributed by atoms with E-state index in [0.717, 1.165) is 77.7 Å². The van der Waals surface area contributed by atoms with Crippen molar-refractivity contribution in [2.75, 3.05) is 0 Å². The maximum absolute atomic E-state index is 6.51. The molecule has 5 nitrogen and oxygen atoms in total. The van der Waals surface area contributed by atoms with Crippen LogP contribution < -0.4 is 5.32 Å². The second-order valence-corrected chi connectivity index (χ2v) is 13.2. The molecule has 0 aliphatic carbocycles. The predicted molar refractivity (Wildman–Crippen MR) is 211 cm³/mol. The Labute approximate surface area is 293 Å². The third-order valence-electron chi connectivity index (χ3n) is 10.4. The molecule has 11 rings (SSSR count). The number of fused-ring (bicyclic) bond motifs is 11. The molecule has 1 atom stereocenters. The van der Waals surface area contributed by atoms with Crippen LogP contribution in [0.3, 0.4) is 0 Å². The van der Waals surface area contributed by atoms with E-state index < -0.39 is 0 Å². The molecule has 0 radical (unpaired) electrons. The number of furan rings is 1. The summed E-state index contributed by atoms with van der Waals surface area (Å²) in [6.07, 6.45) is 2.24. The van der Waals surface area contributed by atoms with Crippen molar-refractivity contribution in [2.45, 2.75) is 6.04 Å². The van der Waals surface area contributed by atoms with Gasteiger partial charge in [-0.3, -0.25) is 4.57 Å². The molecule has 51 heavy (non-hydrogen) atoms. The molecular formula is C46H30N4O. The molecule has 4 heterocycles. The fourth-order valence-electron chi connectivity index (χ4n) is 8.17. The van der Waals surface area contributed by atoms with Crippen LogP contribution in [0.4, 0.5) is 0 Å². The zero-order valence-electron chi connectivity index (χ0n) is 27.5. The van der Waals surface area contributed by atoms with E-state index in [1.165, 1.54) is 16.3 Å². The van der Waals surface area contributed by atoms with E-state index in [0.29, 0.717) is 0 Å². The Morgan fingerprint density at radius 1 is 0.490 bits per heavy atom. The van der Waals surface area contributed by atoms with Gasteiger partial charge in [0.2, 0.25) is 5.96 Å². The molecule has 0 spiro atoms. The van der Waals surface area contributed by atoms with Crippen molar-refractivity contribution < 1.29 is 4.42 Å². The van der Waals surface area contributed by atoms with Crippen LogP contribution in [0.25, 0.3) is 76.9 Å². The number of hydrogen-bond donors (Lipinski definition) is 1. The van der Waals surface area contributed by atoms with Crippen molar-refractivity contribution in [3.8, 4) is 5.69 Å². The summed E-state index contributed by atoms with van der Waals surface area (Å²) in [6, 6.07) is 57.6. The molecule has 0 amide bonds. The Balaban J connectivity index is 1.33. The second kappa shape index (κ2) is 10.8. The molecule has 1 aliphatic rings. The SMILES string of the molecule is C1=C(c2ccccc2)N=C(n2c3c(ccc4oc5ccccc5c43)c3ccc4c(c5ccccc5n4-c4ccccc4)c32)NC1c1ccccc1. The average molecular weight is 655 g/mol. The Kier molecular flexibility index (Phi) is 5.95. The Hall–Kier alpha value is -6.85. The van der Waals surface area contributed by atoms with Gasteiger partial charge in [0.25, 0.3) is 0 Å². The number of rotatable bonds is 3. The van der Waals surface area contributed by atoms with Crippen molar-refractivity contribution in [1.82, 2.24) is 14.5 Å². The van der Waals surface area contributed by atoms with E-state index in [4.69, 9.17) is 9.41 Å². The molecular weight excluding hydrogens is 625 g/mol. The minimum absolute atomic E-state index is 0.105. The van der Waals surface area contributed by atoms with Crippen LogP contribution in [0.5, 0.6) is 0 Å². The summed E-state index contributed by atoms with van der Waals surface area (Å²) in [4.78, 5) is 5.49. The lowest BCUT2D eigenvalue weighted by Gasteiger charge is -2.25. The highest BCUT2D eigenvalue weighted by Crippen LogP contribution is 2.44. The van der Waals surface area contributed by atoms with Crippen LogP contribution in [0.15, 0.2) is 179 Å². The molecule has 0 bridgehead atoms. The molecule has 0 saturated carbocycles. The van der Waals surface area contributed by atoms with Gasteiger partial charge in [0.15, 0.2) is 0 Å². The molecule has 5 heteroatoms. The van der Waals surface area contributed by atoms with Crippen LogP contribution in [-0.4, -0.2) is 15.1 Å². The highest BCUT2D eigenvalue weighted by atomic mass is 16.3. The molecule has 10 aromatic rings. The van der Waals surface area contributed by atoms with E-state index in [1.54, 1.807) is 0 Å². The normalized spacial score (nSPS) is 14.9. The van der Waals surface area contributed by atoms with E-state index in [9.17, 15) is 0 Å². The molecule has 0 saturated heterocycles. The minimum atomic E-state index is -0.105. The highest BCUT2D eigenvalue weighted by molar-refractivity contribution is 6.32. The van der Waals surface area contributed by atoms with Crippen LogP contribution in [0, 0.1) is 0 Å². The third kappa shape index (κ3) is 4.12. The van der Waals surface area contributed by atoms with Gasteiger partial charge in [0, 0.05) is 38.2 Å². The van der Waals surface area contributed by atoms with Crippen LogP contribution >= 0.6 is 0 Å². The fourth-order valence-corrected chi connectivity index (χ4v) is 8.17. The third-order valence-corrected chi connectivity index (χ3v) is 10.4. The monoisotopic (exact) mass is 654 g/mol. The van der Waals surface area contributed by atoms with Gasteiger partial charge >= 0.3 is 0 Å². The number of nitrogens with zero attached hydrogens (tertiary/aromatic N) is 3. The van der Waals surface area contributed by atoms with Crippen molar-refractivity contribution >= 4 is 77.2 Å². The van der Waals surface area contributed by atoms with E-state index in [2.05, 4.69) is 178 Å². The van der Waals surface area contributed by atoms with Gasteiger partial charge in [-0.25, -0.2) is 4.99 Å². The lowest BCUT2D eigenvalue weighted by Crippen LogP contribution is -2.35. The van der Waals surface area contributed by atoms with Gasteiger partial charge in [0.1, 0.15) is 11.2 Å². The van der Waals surface area contributed by atoms with Gasteiger partial charge < -0.3 is 14.3 Å². The molecule has 1 N–H and O–H groups in total. The first kappa shape index (κ1) is 28.0. The topological polar surface area (TPSA) is 47.4 Å². The van der Waals surface area contributed by atoms with Crippen molar-refractivity contribution in [3.63, 3.8) is 0 Å². The summed E-state index contributed by atoms with van der Waals surface area (Å²) in [7, 11) is 0. The number of hydrogen-bond acceptors (Lipinski definition) is 3. The van der Waals surface area contributed by atoms with E-state index in [-0.39, 0.29) is 6.04 Å². The zero-order chi connectivity index (χ0) is 33.5. The summed E-state index contributed by atoms with van der Waals surface area (Å²) < 4.78 is 11.3. The van der Waals surface area contributed by atoms with Crippen LogP contribution in [0.1, 0.15) is 17.2 Å². The van der Waals surface area contributed by atoms with Gasteiger partial charge in [-0.1, -0.05) is 121 Å². The Morgan fingerprint density at radius 2 is 1.14 bits per heavy atom. The first-order valence-electron chi connectivity index (χ1n) is 17.4. The number of aromatic nitrogens is 2. The smallest absolute Gasteiger partial charge is 0.209 e. The highest BCUT2D eigenvalue weighted by Gasteiger charge is 2.28. The standard InChI is InChI=1S/C46H30N4O/c1-4-14-29(15-5-1)36-28-37(30-16-6-2-7-17-30)48-46(47-36)50-44-32(33-25-27-41-43(45(33)50)35-21-11-13-23-40(35)51-41)24-26-39-42(44)34-20-10-12-22-38(34)49(39)31-18-8-3-9-19-31/h1-28,36H,(H,47,48). The average Bonchev–Trinajstić information content (AvgIpc) is 3.86. The molecule has 1 unspecified atom stereocenters. The minimum Gasteiger partial charge on any atom is -0.456 e. The number of benzene rings is 7. The van der Waals surface area contributed by atoms with Crippen molar-refractivity contribution in [1.29, 1.82) is 0 Å². The molecule has 7 aromatic carbocycles. The molecule has 240 valence electrons. The summed E-state index contributed by atoms with van der Waals surface area (Å²) in [6.45, 7) is 0.